The van der Waals surface area contributed by atoms with E-state index < -0.39 is 47.8 Å². The number of ether oxygens (including phenoxy) is 3. The van der Waals surface area contributed by atoms with Crippen LogP contribution in [-0.4, -0.2) is 134 Å². The lowest BCUT2D eigenvalue weighted by atomic mass is 9.83. The lowest BCUT2D eigenvalue weighted by Crippen LogP contribution is -2.54. The second-order valence-corrected chi connectivity index (χ2v) is 22.3. The Balaban J connectivity index is 1.44. The van der Waals surface area contributed by atoms with Crippen LogP contribution < -0.4 is 10.2 Å². The number of benzene rings is 2. The molecule has 1 aliphatic heterocycles. The van der Waals surface area contributed by atoms with Crippen LogP contribution in [0.1, 0.15) is 124 Å². The van der Waals surface area contributed by atoms with Gasteiger partial charge in [0, 0.05) is 71.0 Å². The van der Waals surface area contributed by atoms with Gasteiger partial charge in [0.25, 0.3) is 0 Å². The number of nitrogens with one attached hydrogen (secondary N) is 1. The molecule has 15 heteroatoms. The van der Waals surface area contributed by atoms with Crippen molar-refractivity contribution in [1.82, 2.24) is 25.0 Å². The van der Waals surface area contributed by atoms with Gasteiger partial charge in [-0.25, -0.2) is 9.78 Å². The second-order valence-electron chi connectivity index (χ2n) is 21.4. The van der Waals surface area contributed by atoms with Gasteiger partial charge in [-0.15, -0.1) is 11.3 Å². The number of amides is 4. The van der Waals surface area contributed by atoms with E-state index in [-0.39, 0.29) is 66.2 Å². The monoisotopic (exact) mass is 1000 g/mol. The zero-order valence-electron chi connectivity index (χ0n) is 45.5. The van der Waals surface area contributed by atoms with Gasteiger partial charge >= 0.3 is 6.09 Å². The Morgan fingerprint density at radius 2 is 1.54 bits per heavy atom. The minimum Gasteiger partial charge on any atom is -0.443 e. The Labute approximate surface area is 429 Å². The predicted octanol–water partition coefficient (Wildman–Crippen LogP) is 9.27. The van der Waals surface area contributed by atoms with Gasteiger partial charge in [-0.1, -0.05) is 97.4 Å². The van der Waals surface area contributed by atoms with Gasteiger partial charge in [0.1, 0.15) is 10.6 Å². The van der Waals surface area contributed by atoms with Crippen molar-refractivity contribution in [2.24, 2.45) is 29.6 Å². The summed E-state index contributed by atoms with van der Waals surface area (Å²) < 4.78 is 17.8. The normalized spacial score (nSPS) is 17.5. The van der Waals surface area contributed by atoms with Gasteiger partial charge in [-0.05, 0) is 94.5 Å². The summed E-state index contributed by atoms with van der Waals surface area (Å²) >= 11 is 1.50. The number of hydrogen-bond acceptors (Lipinski definition) is 11. The molecular weight excluding hydrogens is 917 g/mol. The Morgan fingerprint density at radius 1 is 0.873 bits per heavy atom. The van der Waals surface area contributed by atoms with Crippen LogP contribution in [0.3, 0.4) is 0 Å². The molecule has 0 bridgehead atoms. The van der Waals surface area contributed by atoms with E-state index in [1.165, 1.54) is 16.2 Å². The lowest BCUT2D eigenvalue weighted by molar-refractivity contribution is -0.149. The van der Waals surface area contributed by atoms with Crippen LogP contribution in [0, 0.1) is 29.6 Å². The molecule has 2 heterocycles. The van der Waals surface area contributed by atoms with Gasteiger partial charge < -0.3 is 29.3 Å². The third kappa shape index (κ3) is 16.4. The van der Waals surface area contributed by atoms with Crippen LogP contribution in [0.25, 0.3) is 0 Å². The number of likely N-dealkylation sites (tertiary alicyclic amines) is 1. The lowest BCUT2D eigenvalue weighted by Gasteiger charge is -2.41. The number of aromatic nitrogens is 1. The first-order valence-electron chi connectivity index (χ1n) is 25.7. The summed E-state index contributed by atoms with van der Waals surface area (Å²) in [6.45, 7) is 20.7. The fraction of sp³-hybridized carbons (Fsp3) is 0.643. The number of hydrogen-bond donors (Lipinski definition) is 1. The summed E-state index contributed by atoms with van der Waals surface area (Å²) in [5.41, 5.74) is 2.28. The molecule has 71 heavy (non-hydrogen) atoms. The van der Waals surface area contributed by atoms with Crippen LogP contribution in [-0.2, 0) is 46.2 Å². The highest BCUT2D eigenvalue weighted by molar-refractivity contribution is 7.09. The molecule has 0 spiro atoms. The molecule has 2 aromatic carbocycles. The summed E-state index contributed by atoms with van der Waals surface area (Å²) in [4.78, 5) is 82.1. The van der Waals surface area contributed by atoms with Crippen molar-refractivity contribution < 1.29 is 38.2 Å². The minimum atomic E-state index is -0.628. The van der Waals surface area contributed by atoms with Crippen LogP contribution in [0.4, 0.5) is 10.5 Å². The van der Waals surface area contributed by atoms with E-state index in [2.05, 4.69) is 29.0 Å². The van der Waals surface area contributed by atoms with Crippen molar-refractivity contribution in [1.29, 1.82) is 0 Å². The molecule has 4 amide bonds. The smallest absolute Gasteiger partial charge is 0.414 e. The molecule has 9 atom stereocenters. The summed E-state index contributed by atoms with van der Waals surface area (Å²) in [7, 11) is 8.63. The third-order valence-electron chi connectivity index (χ3n) is 14.3. The van der Waals surface area contributed by atoms with Crippen molar-refractivity contribution in [3.05, 3.63) is 82.3 Å². The first-order chi connectivity index (χ1) is 33.5. The summed E-state index contributed by atoms with van der Waals surface area (Å²) in [5.74, 6) is -1.73. The number of Topliss-reactive ketones (excluding diaryl/α,β-unsaturated/α-hetero) is 1. The number of anilines is 1. The first kappa shape index (κ1) is 58.9. The van der Waals surface area contributed by atoms with Gasteiger partial charge in [0.15, 0.2) is 5.78 Å². The molecule has 1 saturated heterocycles. The molecule has 0 saturated carbocycles. The average molecular weight is 1000 g/mol. The molecule has 3 aromatic rings. The minimum absolute atomic E-state index is 0.000633. The summed E-state index contributed by atoms with van der Waals surface area (Å²) in [6, 6.07) is 16.3. The topological polar surface area (TPSA) is 151 Å². The number of ketones is 1. The van der Waals surface area contributed by atoms with Crippen molar-refractivity contribution in [3.8, 4) is 0 Å². The Morgan fingerprint density at radius 3 is 2.08 bits per heavy atom. The van der Waals surface area contributed by atoms with Gasteiger partial charge in [-0.3, -0.25) is 29.0 Å². The Hall–Kier alpha value is -4.70. The molecule has 0 aliphatic carbocycles. The average Bonchev–Trinajstić information content (AvgIpc) is 4.05. The first-order valence-corrected chi connectivity index (χ1v) is 26.5. The second kappa shape index (κ2) is 27.4. The fourth-order valence-corrected chi connectivity index (χ4v) is 10.9. The molecule has 0 unspecified atom stereocenters. The standard InChI is InChI=1S/C56H86N6O8S/c1-16-38(6)50(47(68-14)35-48(64)62-30-20-23-45(62)51(69-15)39(7)52(65)58-44(53-57-29-32-71-53)33-41-21-18-17-19-22-41)61(13)54(66)43(36(2)3)34-46(63)49(37(4)5)59(11)31-28-40-24-26-42(27-25-40)60(12)55(67)70-56(8,9)10/h17-19,21-22,24-27,29,32,36-39,43-45,47,49-51H,16,20,23,28,30-31,33-35H2,1-15H3,(H,58,65)/t38-,39+,43-,44-,45-,47+,49-,50-,51+/m0/s1. The molecule has 1 aliphatic rings. The molecule has 1 N–H and O–H groups in total. The predicted molar refractivity (Wildman–Crippen MR) is 283 cm³/mol. The summed E-state index contributed by atoms with van der Waals surface area (Å²) in [5, 5.41) is 5.98. The van der Waals surface area contributed by atoms with Crippen molar-refractivity contribution >= 4 is 46.6 Å². The number of nitrogens with zero attached hydrogens (tertiary/aromatic N) is 5. The van der Waals surface area contributed by atoms with Crippen LogP contribution in [0.5, 0.6) is 0 Å². The number of carbonyl (C=O) groups excluding carboxylic acids is 5. The van der Waals surface area contributed by atoms with E-state index in [0.717, 1.165) is 34.7 Å². The highest BCUT2D eigenvalue weighted by atomic mass is 32.1. The zero-order chi connectivity index (χ0) is 52.7. The van der Waals surface area contributed by atoms with Gasteiger partial charge in [0.05, 0.1) is 48.7 Å². The van der Waals surface area contributed by atoms with Crippen molar-refractivity contribution in [2.75, 3.05) is 53.4 Å². The number of thiazole rings is 1. The third-order valence-corrected chi connectivity index (χ3v) is 15.2. The molecular formula is C56H86N6O8S. The maximum Gasteiger partial charge on any atom is 0.414 e. The van der Waals surface area contributed by atoms with Crippen LogP contribution in [0.2, 0.25) is 0 Å². The van der Waals surface area contributed by atoms with Gasteiger partial charge in [-0.2, -0.15) is 0 Å². The van der Waals surface area contributed by atoms with Crippen LogP contribution >= 0.6 is 11.3 Å². The highest BCUT2D eigenvalue weighted by Crippen LogP contribution is 2.32. The van der Waals surface area contributed by atoms with Crippen LogP contribution in [0.15, 0.2) is 66.2 Å². The molecule has 394 valence electrons. The van der Waals surface area contributed by atoms with Gasteiger partial charge in [0.2, 0.25) is 17.7 Å². The SMILES string of the molecule is CC[C@H](C)[C@@H]([C@@H](CC(=O)N1CCC[C@H]1[C@H](OC)[C@@H](C)C(=O)N[C@@H](Cc1ccccc1)c1nccs1)OC)N(C)C(=O)[C@@H](CC(=O)[C@H](C(C)C)N(C)CCc1ccc(N(C)C(=O)OC(C)(C)C)cc1)C(C)C. The van der Waals surface area contributed by atoms with E-state index in [1.54, 1.807) is 39.4 Å². The van der Waals surface area contributed by atoms with E-state index >= 15 is 0 Å². The number of likely N-dealkylation sites (N-methyl/N-ethyl adjacent to an activating group) is 2. The van der Waals surface area contributed by atoms with Crippen molar-refractivity contribution in [3.63, 3.8) is 0 Å². The quantitative estimate of drug-likeness (QED) is 0.0825. The highest BCUT2D eigenvalue weighted by Gasteiger charge is 2.43. The van der Waals surface area contributed by atoms with E-state index in [9.17, 15) is 24.0 Å². The fourth-order valence-electron chi connectivity index (χ4n) is 10.2. The van der Waals surface area contributed by atoms with E-state index in [0.29, 0.717) is 32.4 Å². The Kier molecular flexibility index (Phi) is 22.7. The Bertz CT molecular complexity index is 2130. The number of rotatable bonds is 26. The largest absolute Gasteiger partial charge is 0.443 e. The molecule has 14 nitrogen and oxygen atoms in total. The molecule has 1 fully saturated rings. The van der Waals surface area contributed by atoms with E-state index in [1.807, 2.05) is 127 Å². The van der Waals surface area contributed by atoms with Crippen molar-refractivity contribution in [2.45, 2.75) is 156 Å². The zero-order valence-corrected chi connectivity index (χ0v) is 46.3. The molecule has 4 rings (SSSR count). The number of carbonyl (C=O) groups is 5. The summed E-state index contributed by atoms with van der Waals surface area (Å²) in [6.07, 6.45) is 3.72. The number of methoxy groups -OCH3 is 2. The maximum atomic E-state index is 14.8. The van der Waals surface area contributed by atoms with E-state index in [4.69, 9.17) is 14.2 Å². The maximum absolute atomic E-state index is 14.8. The molecule has 0 radical (unpaired) electrons. The molecule has 1 aromatic heterocycles.